The third kappa shape index (κ3) is 2.65. The second-order valence-corrected chi connectivity index (χ2v) is 7.06. The number of carbonyl (C=O) groups is 1. The molecule has 24 heavy (non-hydrogen) atoms. The summed E-state index contributed by atoms with van der Waals surface area (Å²) in [5.74, 6) is -0.319. The number of halogens is 1. The van der Waals surface area contributed by atoms with Gasteiger partial charge in [0, 0.05) is 31.1 Å². The van der Waals surface area contributed by atoms with Crippen LogP contribution in [0.2, 0.25) is 0 Å². The molecule has 5 nitrogen and oxygen atoms in total. The van der Waals surface area contributed by atoms with Gasteiger partial charge in [-0.3, -0.25) is 4.79 Å². The van der Waals surface area contributed by atoms with E-state index >= 15 is 0 Å². The Balaban J connectivity index is 1.47. The van der Waals surface area contributed by atoms with Gasteiger partial charge in [0.15, 0.2) is 11.4 Å². The molecule has 0 unspecified atom stereocenters. The maximum absolute atomic E-state index is 13.7. The van der Waals surface area contributed by atoms with E-state index in [1.54, 1.807) is 12.1 Å². The van der Waals surface area contributed by atoms with Crippen molar-refractivity contribution in [3.63, 3.8) is 0 Å². The molecule has 0 spiro atoms. The molecule has 0 N–H and O–H groups in total. The van der Waals surface area contributed by atoms with Crippen molar-refractivity contribution in [1.29, 1.82) is 0 Å². The number of hydrogen-bond acceptors (Lipinski definition) is 5. The molecule has 1 fully saturated rings. The lowest BCUT2D eigenvalue weighted by molar-refractivity contribution is 0.0750. The molecule has 0 bridgehead atoms. The van der Waals surface area contributed by atoms with Gasteiger partial charge in [-0.25, -0.2) is 4.39 Å². The average molecular weight is 345 g/mol. The summed E-state index contributed by atoms with van der Waals surface area (Å²) >= 11 is 1.51. The summed E-state index contributed by atoms with van der Waals surface area (Å²) < 4.78 is 19.4. The molecule has 3 heterocycles. The van der Waals surface area contributed by atoms with Crippen LogP contribution in [0.3, 0.4) is 0 Å². The molecule has 3 aromatic rings. The van der Waals surface area contributed by atoms with E-state index in [1.807, 2.05) is 28.9 Å². The van der Waals surface area contributed by atoms with Gasteiger partial charge in [-0.2, -0.15) is 4.98 Å². The van der Waals surface area contributed by atoms with Crippen molar-refractivity contribution < 1.29 is 13.6 Å². The summed E-state index contributed by atoms with van der Waals surface area (Å²) in [6.07, 6.45) is 0. The van der Waals surface area contributed by atoms with Crippen LogP contribution in [-0.2, 0) is 0 Å². The van der Waals surface area contributed by atoms with Crippen molar-refractivity contribution in [1.82, 2.24) is 9.88 Å². The van der Waals surface area contributed by atoms with Crippen molar-refractivity contribution in [3.8, 4) is 0 Å². The Hall–Kier alpha value is -2.41. The van der Waals surface area contributed by atoms with Crippen LogP contribution in [0.1, 0.15) is 14.5 Å². The van der Waals surface area contributed by atoms with Gasteiger partial charge in [-0.05, 0) is 31.2 Å². The number of carbonyl (C=O) groups excluding carboxylic acids is 1. The van der Waals surface area contributed by atoms with Crippen LogP contribution in [0.4, 0.5) is 10.4 Å². The third-order valence-corrected chi connectivity index (χ3v) is 5.14. The molecule has 2 aromatic heterocycles. The topological polar surface area (TPSA) is 49.6 Å². The van der Waals surface area contributed by atoms with Gasteiger partial charge in [-0.15, -0.1) is 11.3 Å². The second-order valence-electron chi connectivity index (χ2n) is 5.77. The zero-order valence-electron chi connectivity index (χ0n) is 13.2. The molecular formula is C17H16FN3O2S. The minimum atomic E-state index is -0.385. The molecule has 1 aliphatic rings. The first-order valence-corrected chi connectivity index (χ1v) is 8.59. The summed E-state index contributed by atoms with van der Waals surface area (Å²) in [5.41, 5.74) is 0.692. The van der Waals surface area contributed by atoms with E-state index in [1.165, 1.54) is 17.4 Å². The molecule has 1 aromatic carbocycles. The summed E-state index contributed by atoms with van der Waals surface area (Å²) in [7, 11) is 0. The molecule has 124 valence electrons. The van der Waals surface area contributed by atoms with E-state index < -0.39 is 0 Å². The molecule has 1 saturated heterocycles. The number of nitrogens with zero attached hydrogens (tertiary/aromatic N) is 3. The Morgan fingerprint density at radius 1 is 1.21 bits per heavy atom. The molecular weight excluding hydrogens is 329 g/mol. The first-order valence-electron chi connectivity index (χ1n) is 7.77. The van der Waals surface area contributed by atoms with Crippen LogP contribution in [0, 0.1) is 12.7 Å². The van der Waals surface area contributed by atoms with Crippen LogP contribution in [0.25, 0.3) is 11.1 Å². The highest BCUT2D eigenvalue weighted by Crippen LogP contribution is 2.25. The van der Waals surface area contributed by atoms with Crippen LogP contribution in [0.15, 0.2) is 34.7 Å². The number of rotatable bonds is 2. The van der Waals surface area contributed by atoms with E-state index in [4.69, 9.17) is 4.42 Å². The maximum atomic E-state index is 13.7. The lowest BCUT2D eigenvalue weighted by Gasteiger charge is -2.33. The average Bonchev–Trinajstić information content (AvgIpc) is 3.21. The van der Waals surface area contributed by atoms with Crippen molar-refractivity contribution in [2.24, 2.45) is 0 Å². The number of aromatic nitrogens is 1. The minimum Gasteiger partial charge on any atom is -0.423 e. The lowest BCUT2D eigenvalue weighted by atomic mass is 10.3. The Morgan fingerprint density at radius 2 is 2.00 bits per heavy atom. The normalized spacial score (nSPS) is 15.2. The number of thiophene rings is 1. The number of para-hydroxylation sites is 1. The van der Waals surface area contributed by atoms with Gasteiger partial charge in [0.2, 0.25) is 0 Å². The first-order chi connectivity index (χ1) is 11.6. The van der Waals surface area contributed by atoms with Gasteiger partial charge >= 0.3 is 0 Å². The lowest BCUT2D eigenvalue weighted by Crippen LogP contribution is -2.48. The number of amides is 1. The summed E-state index contributed by atoms with van der Waals surface area (Å²) in [6, 6.07) is 8.92. The number of benzene rings is 1. The van der Waals surface area contributed by atoms with Crippen LogP contribution in [-0.4, -0.2) is 42.0 Å². The molecule has 0 radical (unpaired) electrons. The second kappa shape index (κ2) is 5.90. The molecule has 4 rings (SSSR count). The number of hydrogen-bond donors (Lipinski definition) is 0. The minimum absolute atomic E-state index is 0.0661. The number of anilines is 1. The highest BCUT2D eigenvalue weighted by molar-refractivity contribution is 7.13. The molecule has 7 heteroatoms. The zero-order valence-corrected chi connectivity index (χ0v) is 14.0. The third-order valence-electron chi connectivity index (χ3n) is 4.15. The number of aryl methyl sites for hydroxylation is 1. The van der Waals surface area contributed by atoms with Crippen LogP contribution in [0.5, 0.6) is 0 Å². The fourth-order valence-corrected chi connectivity index (χ4v) is 3.68. The molecule has 0 aliphatic carbocycles. The Kier molecular flexibility index (Phi) is 3.72. The van der Waals surface area contributed by atoms with Gasteiger partial charge in [0.25, 0.3) is 11.9 Å². The largest absolute Gasteiger partial charge is 0.423 e. The molecule has 1 aliphatic heterocycles. The zero-order chi connectivity index (χ0) is 16.7. The van der Waals surface area contributed by atoms with Gasteiger partial charge < -0.3 is 14.2 Å². The van der Waals surface area contributed by atoms with E-state index in [2.05, 4.69) is 4.98 Å². The monoisotopic (exact) mass is 345 g/mol. The quantitative estimate of drug-likeness (QED) is 0.715. The Morgan fingerprint density at radius 3 is 2.67 bits per heavy atom. The van der Waals surface area contributed by atoms with Crippen molar-refractivity contribution >= 4 is 34.4 Å². The molecule has 0 saturated carbocycles. The van der Waals surface area contributed by atoms with Crippen LogP contribution >= 0.6 is 11.3 Å². The Bertz CT molecular complexity index is 896. The first kappa shape index (κ1) is 15.1. The predicted octanol–water partition coefficient (Wildman–Crippen LogP) is 3.30. The standard InChI is InChI=1S/C17H16FN3O2S/c1-11-5-6-14(24-11)16(22)20-7-9-21(10-8-20)17-19-15-12(18)3-2-4-13(15)23-17/h2-6H,7-10H2,1H3. The highest BCUT2D eigenvalue weighted by Gasteiger charge is 2.25. The Labute approximate surface area is 142 Å². The fourth-order valence-electron chi connectivity index (χ4n) is 2.84. The predicted molar refractivity (Wildman–Crippen MR) is 91.1 cm³/mol. The highest BCUT2D eigenvalue weighted by atomic mass is 32.1. The van der Waals surface area contributed by atoms with E-state index in [0.29, 0.717) is 37.8 Å². The van der Waals surface area contributed by atoms with Crippen LogP contribution < -0.4 is 4.90 Å². The van der Waals surface area contributed by atoms with Gasteiger partial charge in [0.1, 0.15) is 5.52 Å². The van der Waals surface area contributed by atoms with E-state index in [9.17, 15) is 9.18 Å². The molecule has 0 atom stereocenters. The van der Waals surface area contributed by atoms with Crippen molar-refractivity contribution in [2.45, 2.75) is 6.92 Å². The molecule has 1 amide bonds. The number of piperazine rings is 1. The number of fused-ring (bicyclic) bond motifs is 1. The van der Waals surface area contributed by atoms with Gasteiger partial charge in [0.05, 0.1) is 4.88 Å². The summed E-state index contributed by atoms with van der Waals surface area (Å²) in [6.45, 7) is 4.41. The smallest absolute Gasteiger partial charge is 0.298 e. The van der Waals surface area contributed by atoms with Crippen molar-refractivity contribution in [2.75, 3.05) is 31.1 Å². The van der Waals surface area contributed by atoms with Crippen molar-refractivity contribution in [3.05, 3.63) is 45.9 Å². The summed E-state index contributed by atoms with van der Waals surface area (Å²) in [5, 5.41) is 0. The maximum Gasteiger partial charge on any atom is 0.298 e. The number of oxazole rings is 1. The summed E-state index contributed by atoms with van der Waals surface area (Å²) in [4.78, 5) is 22.4. The SMILES string of the molecule is Cc1ccc(C(=O)N2CCN(c3nc4c(F)cccc4o3)CC2)s1. The fraction of sp³-hybridized carbons (Fsp3) is 0.294. The van der Waals surface area contributed by atoms with E-state index in [-0.39, 0.29) is 17.2 Å². The van der Waals surface area contributed by atoms with E-state index in [0.717, 1.165) is 9.75 Å². The van der Waals surface area contributed by atoms with Gasteiger partial charge in [-0.1, -0.05) is 6.07 Å².